The van der Waals surface area contributed by atoms with Gasteiger partial charge in [-0.2, -0.15) is 5.10 Å². The number of carbonyl (C=O) groups excluding carboxylic acids is 1. The molecule has 0 spiro atoms. The Balaban J connectivity index is 1.97. The number of nitro benzene ring substituents is 1. The van der Waals surface area contributed by atoms with Crippen LogP contribution >= 0.6 is 0 Å². The fourth-order valence-corrected chi connectivity index (χ4v) is 1.52. The Morgan fingerprint density at radius 1 is 1.14 bits per heavy atom. The third-order valence-electron chi connectivity index (χ3n) is 2.61. The van der Waals surface area contributed by atoms with E-state index in [2.05, 4.69) is 10.5 Å². The van der Waals surface area contributed by atoms with Crippen LogP contribution in [0, 0.1) is 10.1 Å². The molecule has 0 unspecified atom stereocenters. The van der Waals surface area contributed by atoms with Crippen LogP contribution in [-0.4, -0.2) is 22.2 Å². The van der Waals surface area contributed by atoms with Crippen LogP contribution in [0.2, 0.25) is 0 Å². The molecule has 2 aromatic rings. The molecule has 2 N–H and O–H groups in total. The van der Waals surface area contributed by atoms with Gasteiger partial charge in [-0.1, -0.05) is 0 Å². The maximum Gasteiger partial charge on any atom is 0.271 e. The minimum atomic E-state index is -0.493. The fraction of sp³-hybridized carbons (Fsp3) is 0. The number of aromatic hydroxyl groups is 1. The summed E-state index contributed by atoms with van der Waals surface area (Å²) in [4.78, 5) is 21.7. The maximum absolute atomic E-state index is 11.7. The van der Waals surface area contributed by atoms with E-state index in [9.17, 15) is 14.9 Å². The van der Waals surface area contributed by atoms with Gasteiger partial charge in [0.2, 0.25) is 0 Å². The van der Waals surface area contributed by atoms with Crippen LogP contribution in [-0.2, 0) is 0 Å². The molecule has 0 bridgehead atoms. The Morgan fingerprint density at radius 2 is 1.76 bits per heavy atom. The molecule has 0 aliphatic rings. The van der Waals surface area contributed by atoms with Crippen molar-refractivity contribution < 1.29 is 14.8 Å². The zero-order chi connectivity index (χ0) is 15.2. The summed E-state index contributed by atoms with van der Waals surface area (Å²) in [5.74, 6) is -0.353. The van der Waals surface area contributed by atoms with Crippen molar-refractivity contribution in [3.05, 3.63) is 69.8 Å². The quantitative estimate of drug-likeness (QED) is 0.509. The number of phenols is 1. The minimum absolute atomic E-state index is 0.0136. The standard InChI is InChI=1S/C14H11N3O4/c18-13-7-3-11(4-8-13)14(19)16-15-9-10-1-5-12(6-2-10)17(20)21/h1-9,18H,(H,16,19)/b15-9-. The average Bonchev–Trinajstić information content (AvgIpc) is 2.48. The average molecular weight is 285 g/mol. The van der Waals surface area contributed by atoms with Crippen molar-refractivity contribution in [3.63, 3.8) is 0 Å². The number of nitro groups is 1. The first-order valence-corrected chi connectivity index (χ1v) is 5.93. The van der Waals surface area contributed by atoms with Crippen molar-refractivity contribution in [1.29, 1.82) is 0 Å². The lowest BCUT2D eigenvalue weighted by molar-refractivity contribution is -0.384. The molecule has 0 atom stereocenters. The van der Waals surface area contributed by atoms with Crippen molar-refractivity contribution in [1.82, 2.24) is 5.43 Å². The lowest BCUT2D eigenvalue weighted by Gasteiger charge is -1.99. The van der Waals surface area contributed by atoms with E-state index in [-0.39, 0.29) is 11.4 Å². The van der Waals surface area contributed by atoms with Gasteiger partial charge in [-0.25, -0.2) is 5.43 Å². The van der Waals surface area contributed by atoms with Crippen molar-refractivity contribution in [2.24, 2.45) is 5.10 Å². The maximum atomic E-state index is 11.7. The molecule has 0 heterocycles. The van der Waals surface area contributed by atoms with Crippen molar-refractivity contribution in [3.8, 4) is 5.75 Å². The molecule has 1 amide bonds. The van der Waals surface area contributed by atoms with Gasteiger partial charge in [0.25, 0.3) is 11.6 Å². The Hall–Kier alpha value is -3.22. The van der Waals surface area contributed by atoms with Gasteiger partial charge in [-0.15, -0.1) is 0 Å². The van der Waals surface area contributed by atoms with Gasteiger partial charge in [0, 0.05) is 17.7 Å². The number of hydrogen-bond donors (Lipinski definition) is 2. The highest BCUT2D eigenvalue weighted by atomic mass is 16.6. The first kappa shape index (κ1) is 14.2. The number of nitrogens with zero attached hydrogens (tertiary/aromatic N) is 2. The SMILES string of the molecule is O=C(N/N=C\c1ccc([N+](=O)[O-])cc1)c1ccc(O)cc1. The number of nitrogens with one attached hydrogen (secondary N) is 1. The molecule has 7 heteroatoms. The molecule has 2 rings (SSSR count). The summed E-state index contributed by atoms with van der Waals surface area (Å²) in [5.41, 5.74) is 3.28. The third kappa shape index (κ3) is 3.87. The van der Waals surface area contributed by atoms with Crippen LogP contribution in [0.5, 0.6) is 5.75 Å². The summed E-state index contributed by atoms with van der Waals surface area (Å²) < 4.78 is 0. The van der Waals surface area contributed by atoms with E-state index in [0.29, 0.717) is 11.1 Å². The predicted octanol–water partition coefficient (Wildman–Crippen LogP) is 2.06. The first-order valence-electron chi connectivity index (χ1n) is 5.93. The van der Waals surface area contributed by atoms with Crippen LogP contribution in [0.25, 0.3) is 0 Å². The molecule has 2 aromatic carbocycles. The summed E-state index contributed by atoms with van der Waals surface area (Å²) in [6.45, 7) is 0. The molecular weight excluding hydrogens is 274 g/mol. The van der Waals surface area contributed by atoms with Gasteiger partial charge in [-0.05, 0) is 42.0 Å². The highest BCUT2D eigenvalue weighted by Crippen LogP contribution is 2.11. The summed E-state index contributed by atoms with van der Waals surface area (Å²) in [5, 5.41) is 23.4. The monoisotopic (exact) mass is 285 g/mol. The molecule has 0 aromatic heterocycles. The summed E-state index contributed by atoms with van der Waals surface area (Å²) >= 11 is 0. The fourth-order valence-electron chi connectivity index (χ4n) is 1.52. The van der Waals surface area contributed by atoms with Gasteiger partial charge in [0.05, 0.1) is 11.1 Å². The molecule has 7 nitrogen and oxygen atoms in total. The second kappa shape index (κ2) is 6.29. The summed E-state index contributed by atoms with van der Waals surface area (Å²) in [6, 6.07) is 11.5. The van der Waals surface area contributed by atoms with E-state index < -0.39 is 10.8 Å². The highest BCUT2D eigenvalue weighted by Gasteiger charge is 2.04. The zero-order valence-corrected chi connectivity index (χ0v) is 10.8. The van der Waals surface area contributed by atoms with Gasteiger partial charge in [-0.3, -0.25) is 14.9 Å². The van der Waals surface area contributed by atoms with Crippen LogP contribution in [0.4, 0.5) is 5.69 Å². The molecule has 21 heavy (non-hydrogen) atoms. The number of rotatable bonds is 4. The molecule has 0 saturated heterocycles. The molecule has 0 radical (unpaired) electrons. The zero-order valence-electron chi connectivity index (χ0n) is 10.8. The Bertz CT molecular complexity index is 678. The van der Waals surface area contributed by atoms with Crippen LogP contribution in [0.3, 0.4) is 0 Å². The number of hydrogen-bond acceptors (Lipinski definition) is 5. The van der Waals surface area contributed by atoms with Crippen molar-refractivity contribution >= 4 is 17.8 Å². The van der Waals surface area contributed by atoms with Gasteiger partial charge < -0.3 is 5.11 Å². The molecule has 0 saturated carbocycles. The lowest BCUT2D eigenvalue weighted by atomic mass is 10.2. The Kier molecular flexibility index (Phi) is 4.25. The molecule has 0 aliphatic heterocycles. The molecular formula is C14H11N3O4. The van der Waals surface area contributed by atoms with Crippen LogP contribution < -0.4 is 5.43 Å². The van der Waals surface area contributed by atoms with Gasteiger partial charge in [0.15, 0.2) is 0 Å². The minimum Gasteiger partial charge on any atom is -0.508 e. The lowest BCUT2D eigenvalue weighted by Crippen LogP contribution is -2.17. The van der Waals surface area contributed by atoms with Gasteiger partial charge in [0.1, 0.15) is 5.75 Å². The van der Waals surface area contributed by atoms with E-state index in [1.807, 2.05) is 0 Å². The van der Waals surface area contributed by atoms with E-state index >= 15 is 0 Å². The topological polar surface area (TPSA) is 105 Å². The summed E-state index contributed by atoms with van der Waals surface area (Å²) in [6.07, 6.45) is 1.38. The highest BCUT2D eigenvalue weighted by molar-refractivity contribution is 5.94. The number of non-ortho nitro benzene ring substituents is 1. The van der Waals surface area contributed by atoms with Crippen molar-refractivity contribution in [2.45, 2.75) is 0 Å². The number of benzene rings is 2. The second-order valence-electron chi connectivity index (χ2n) is 4.09. The van der Waals surface area contributed by atoms with Crippen LogP contribution in [0.15, 0.2) is 53.6 Å². The predicted molar refractivity (Wildman–Crippen MR) is 76.3 cm³/mol. The second-order valence-corrected chi connectivity index (χ2v) is 4.09. The largest absolute Gasteiger partial charge is 0.508 e. The van der Waals surface area contributed by atoms with Gasteiger partial charge >= 0.3 is 0 Å². The summed E-state index contributed by atoms with van der Waals surface area (Å²) in [7, 11) is 0. The normalized spacial score (nSPS) is 10.5. The van der Waals surface area contributed by atoms with E-state index in [4.69, 9.17) is 5.11 Å². The number of hydrazone groups is 1. The number of phenolic OH excluding ortho intramolecular Hbond substituents is 1. The van der Waals surface area contributed by atoms with E-state index in [1.54, 1.807) is 0 Å². The van der Waals surface area contributed by atoms with E-state index in [1.165, 1.54) is 54.7 Å². The molecule has 106 valence electrons. The van der Waals surface area contributed by atoms with Crippen molar-refractivity contribution in [2.75, 3.05) is 0 Å². The molecule has 0 fully saturated rings. The number of carbonyl (C=O) groups is 1. The smallest absolute Gasteiger partial charge is 0.271 e. The van der Waals surface area contributed by atoms with E-state index in [0.717, 1.165) is 0 Å². The molecule has 0 aliphatic carbocycles. The third-order valence-corrected chi connectivity index (χ3v) is 2.61. The Labute approximate surface area is 119 Å². The van der Waals surface area contributed by atoms with Crippen LogP contribution in [0.1, 0.15) is 15.9 Å². The Morgan fingerprint density at radius 3 is 2.33 bits per heavy atom. The first-order chi connectivity index (χ1) is 10.1. The number of amides is 1.